The predicted molar refractivity (Wildman–Crippen MR) is 54.9 cm³/mol. The highest BCUT2D eigenvalue weighted by Gasteiger charge is 2.09. The van der Waals surface area contributed by atoms with Crippen LogP contribution < -0.4 is 5.73 Å². The Bertz CT molecular complexity index is 462. The number of imidazole rings is 1. The van der Waals surface area contributed by atoms with Gasteiger partial charge in [-0.2, -0.15) is 0 Å². The number of aliphatic hydroxyl groups is 1. The number of pyridine rings is 1. The van der Waals surface area contributed by atoms with E-state index in [9.17, 15) is 0 Å². The Morgan fingerprint density at radius 1 is 1.50 bits per heavy atom. The normalized spacial score (nSPS) is 11.0. The molecule has 2 heterocycles. The van der Waals surface area contributed by atoms with Crippen molar-refractivity contribution >= 4 is 11.5 Å². The first-order chi connectivity index (χ1) is 6.77. The van der Waals surface area contributed by atoms with Crippen molar-refractivity contribution in [2.24, 2.45) is 0 Å². The van der Waals surface area contributed by atoms with Crippen molar-refractivity contribution in [2.45, 2.75) is 20.0 Å². The molecule has 14 heavy (non-hydrogen) atoms. The van der Waals surface area contributed by atoms with E-state index in [1.807, 2.05) is 22.6 Å². The third kappa shape index (κ3) is 1.15. The maximum atomic E-state index is 9.03. The summed E-state index contributed by atoms with van der Waals surface area (Å²) in [6.45, 7) is 1.95. The molecule has 0 bridgehead atoms. The Kier molecular flexibility index (Phi) is 2.13. The number of aromatic nitrogens is 2. The zero-order valence-corrected chi connectivity index (χ0v) is 8.07. The van der Waals surface area contributed by atoms with Gasteiger partial charge >= 0.3 is 0 Å². The molecule has 0 aliphatic rings. The first kappa shape index (κ1) is 9.02. The summed E-state index contributed by atoms with van der Waals surface area (Å²) in [6.07, 6.45) is 0.892. The van der Waals surface area contributed by atoms with Gasteiger partial charge in [0.15, 0.2) is 0 Å². The average molecular weight is 191 g/mol. The lowest BCUT2D eigenvalue weighted by Gasteiger charge is -2.03. The smallest absolute Gasteiger partial charge is 0.139 e. The van der Waals surface area contributed by atoms with E-state index in [-0.39, 0.29) is 6.61 Å². The van der Waals surface area contributed by atoms with Crippen molar-refractivity contribution in [3.8, 4) is 0 Å². The predicted octanol–water partition coefficient (Wildman–Crippen LogP) is 0.971. The van der Waals surface area contributed by atoms with Crippen molar-refractivity contribution < 1.29 is 5.11 Å². The number of anilines is 1. The molecule has 0 atom stereocenters. The molecular formula is C10H13N3O. The minimum atomic E-state index is -0.114. The Morgan fingerprint density at radius 3 is 2.93 bits per heavy atom. The number of nitrogens with two attached hydrogens (primary N) is 1. The average Bonchev–Trinajstić information content (AvgIpc) is 2.55. The van der Waals surface area contributed by atoms with E-state index in [0.717, 1.165) is 17.8 Å². The molecular weight excluding hydrogens is 178 g/mol. The second-order valence-electron chi connectivity index (χ2n) is 3.17. The molecule has 0 fully saturated rings. The number of hydrogen-bond acceptors (Lipinski definition) is 3. The summed E-state index contributed by atoms with van der Waals surface area (Å²) in [5.74, 6) is 0.542. The number of nitrogens with zero attached hydrogens (tertiary/aromatic N) is 2. The standard InChI is InChI=1S/C10H13N3O/c1-2-7-4-3-5-9-12-8(6-14)10(11)13(7)9/h3-5,14H,2,6,11H2,1H3. The lowest BCUT2D eigenvalue weighted by atomic mass is 10.3. The molecule has 0 amide bonds. The Hall–Kier alpha value is -1.55. The van der Waals surface area contributed by atoms with Crippen LogP contribution in [0.25, 0.3) is 5.65 Å². The van der Waals surface area contributed by atoms with E-state index in [0.29, 0.717) is 11.5 Å². The van der Waals surface area contributed by atoms with Gasteiger partial charge in [0.2, 0.25) is 0 Å². The van der Waals surface area contributed by atoms with Crippen LogP contribution in [0.2, 0.25) is 0 Å². The monoisotopic (exact) mass is 191 g/mol. The molecule has 0 saturated heterocycles. The number of hydrogen-bond donors (Lipinski definition) is 2. The highest BCUT2D eigenvalue weighted by atomic mass is 16.3. The molecule has 4 nitrogen and oxygen atoms in total. The van der Waals surface area contributed by atoms with E-state index < -0.39 is 0 Å². The van der Waals surface area contributed by atoms with E-state index in [1.54, 1.807) is 0 Å². The van der Waals surface area contributed by atoms with Gasteiger partial charge < -0.3 is 10.8 Å². The summed E-state index contributed by atoms with van der Waals surface area (Å²) in [4.78, 5) is 4.23. The molecule has 4 heteroatoms. The molecule has 2 rings (SSSR count). The van der Waals surface area contributed by atoms with Crippen LogP contribution in [0, 0.1) is 0 Å². The van der Waals surface area contributed by atoms with Gasteiger partial charge in [0.25, 0.3) is 0 Å². The highest BCUT2D eigenvalue weighted by molar-refractivity contribution is 5.53. The van der Waals surface area contributed by atoms with Gasteiger partial charge in [-0.15, -0.1) is 0 Å². The second-order valence-corrected chi connectivity index (χ2v) is 3.17. The van der Waals surface area contributed by atoms with Gasteiger partial charge in [-0.1, -0.05) is 13.0 Å². The van der Waals surface area contributed by atoms with Gasteiger partial charge in [0.05, 0.1) is 6.61 Å². The molecule has 0 aromatic carbocycles. The third-order valence-corrected chi connectivity index (χ3v) is 2.35. The van der Waals surface area contributed by atoms with E-state index >= 15 is 0 Å². The zero-order chi connectivity index (χ0) is 10.1. The van der Waals surface area contributed by atoms with Gasteiger partial charge in [-0.25, -0.2) is 4.98 Å². The highest BCUT2D eigenvalue weighted by Crippen LogP contribution is 2.17. The number of aliphatic hydroxyl groups excluding tert-OH is 1. The lowest BCUT2D eigenvalue weighted by Crippen LogP contribution is -2.00. The minimum Gasteiger partial charge on any atom is -0.390 e. The van der Waals surface area contributed by atoms with Gasteiger partial charge in [-0.05, 0) is 18.6 Å². The van der Waals surface area contributed by atoms with Crippen LogP contribution in [-0.4, -0.2) is 14.5 Å². The molecule has 0 radical (unpaired) electrons. The summed E-state index contributed by atoms with van der Waals surface area (Å²) < 4.78 is 1.88. The molecule has 2 aromatic rings. The SMILES string of the molecule is CCc1cccc2nc(CO)c(N)n12. The summed E-state index contributed by atoms with van der Waals surface area (Å²) in [7, 11) is 0. The zero-order valence-electron chi connectivity index (χ0n) is 8.07. The van der Waals surface area contributed by atoms with E-state index in [2.05, 4.69) is 11.9 Å². The number of rotatable bonds is 2. The maximum Gasteiger partial charge on any atom is 0.139 e. The van der Waals surface area contributed by atoms with Gasteiger partial charge in [-0.3, -0.25) is 4.40 Å². The Morgan fingerprint density at radius 2 is 2.29 bits per heavy atom. The molecule has 0 unspecified atom stereocenters. The van der Waals surface area contributed by atoms with Crippen LogP contribution in [-0.2, 0) is 13.0 Å². The van der Waals surface area contributed by atoms with E-state index in [4.69, 9.17) is 10.8 Å². The fourth-order valence-corrected chi connectivity index (χ4v) is 1.62. The fourth-order valence-electron chi connectivity index (χ4n) is 1.62. The largest absolute Gasteiger partial charge is 0.390 e. The van der Waals surface area contributed by atoms with Crippen LogP contribution in [0.15, 0.2) is 18.2 Å². The van der Waals surface area contributed by atoms with Crippen molar-refractivity contribution in [1.82, 2.24) is 9.38 Å². The first-order valence-corrected chi connectivity index (χ1v) is 4.63. The molecule has 0 spiro atoms. The second kappa shape index (κ2) is 3.31. The van der Waals surface area contributed by atoms with Crippen molar-refractivity contribution in [2.75, 3.05) is 5.73 Å². The van der Waals surface area contributed by atoms with Crippen molar-refractivity contribution in [1.29, 1.82) is 0 Å². The quantitative estimate of drug-likeness (QED) is 0.743. The molecule has 0 saturated carbocycles. The van der Waals surface area contributed by atoms with Gasteiger partial charge in [0, 0.05) is 5.69 Å². The third-order valence-electron chi connectivity index (χ3n) is 2.35. The number of nitrogen functional groups attached to an aromatic ring is 1. The molecule has 3 N–H and O–H groups in total. The lowest BCUT2D eigenvalue weighted by molar-refractivity contribution is 0.278. The fraction of sp³-hybridized carbons (Fsp3) is 0.300. The maximum absolute atomic E-state index is 9.03. The molecule has 2 aromatic heterocycles. The topological polar surface area (TPSA) is 63.5 Å². The molecule has 0 aliphatic heterocycles. The summed E-state index contributed by atoms with van der Waals surface area (Å²) in [5, 5.41) is 9.03. The Labute approximate surface area is 82.0 Å². The number of fused-ring (bicyclic) bond motifs is 1. The van der Waals surface area contributed by atoms with E-state index in [1.165, 1.54) is 0 Å². The van der Waals surface area contributed by atoms with Crippen LogP contribution in [0.1, 0.15) is 18.3 Å². The molecule has 0 aliphatic carbocycles. The van der Waals surface area contributed by atoms with Crippen LogP contribution in [0.3, 0.4) is 0 Å². The summed E-state index contributed by atoms with van der Waals surface area (Å²) in [5.41, 5.74) is 8.31. The van der Waals surface area contributed by atoms with Crippen LogP contribution in [0.4, 0.5) is 5.82 Å². The van der Waals surface area contributed by atoms with Crippen molar-refractivity contribution in [3.05, 3.63) is 29.6 Å². The van der Waals surface area contributed by atoms with Crippen LogP contribution >= 0.6 is 0 Å². The first-order valence-electron chi connectivity index (χ1n) is 4.63. The molecule has 74 valence electrons. The van der Waals surface area contributed by atoms with Crippen LogP contribution in [0.5, 0.6) is 0 Å². The summed E-state index contributed by atoms with van der Waals surface area (Å²) in [6, 6.07) is 5.84. The Balaban J connectivity index is 2.79. The minimum absolute atomic E-state index is 0.114. The van der Waals surface area contributed by atoms with Gasteiger partial charge in [0.1, 0.15) is 17.2 Å². The summed E-state index contributed by atoms with van der Waals surface area (Å²) >= 11 is 0. The number of aryl methyl sites for hydroxylation is 1. The van der Waals surface area contributed by atoms with Crippen molar-refractivity contribution in [3.63, 3.8) is 0 Å².